The second kappa shape index (κ2) is 5.82. The first kappa shape index (κ1) is 13.7. The zero-order valence-corrected chi connectivity index (χ0v) is 11.1. The lowest BCUT2D eigenvalue weighted by Crippen LogP contribution is -2.43. The molecule has 0 atom stereocenters. The SMILES string of the molecule is COC(=O)C(C)(C)C(=O)NCCc1cccs1. The van der Waals surface area contributed by atoms with Gasteiger partial charge in [-0.3, -0.25) is 9.59 Å². The standard InChI is InChI=1S/C12H17NO3S/c1-12(2,11(15)16-3)10(14)13-7-6-9-5-4-8-17-9/h4-5,8H,6-7H2,1-3H3,(H,13,14). The summed E-state index contributed by atoms with van der Waals surface area (Å²) >= 11 is 1.65. The van der Waals surface area contributed by atoms with E-state index in [0.717, 1.165) is 6.42 Å². The molecule has 0 spiro atoms. The maximum absolute atomic E-state index is 11.8. The van der Waals surface area contributed by atoms with Gasteiger partial charge in [0.25, 0.3) is 0 Å². The van der Waals surface area contributed by atoms with Gasteiger partial charge in [0.05, 0.1) is 7.11 Å². The molecule has 0 aliphatic rings. The molecule has 5 heteroatoms. The Morgan fingerprint density at radius 1 is 1.47 bits per heavy atom. The molecule has 0 bridgehead atoms. The largest absolute Gasteiger partial charge is 0.468 e. The van der Waals surface area contributed by atoms with Gasteiger partial charge in [-0.15, -0.1) is 11.3 Å². The molecule has 1 aromatic heterocycles. The number of esters is 1. The van der Waals surface area contributed by atoms with Gasteiger partial charge in [0.2, 0.25) is 5.91 Å². The minimum atomic E-state index is -1.13. The van der Waals surface area contributed by atoms with Crippen molar-refractivity contribution in [2.75, 3.05) is 13.7 Å². The van der Waals surface area contributed by atoms with Crippen molar-refractivity contribution in [2.24, 2.45) is 5.41 Å². The third-order valence-corrected chi connectivity index (χ3v) is 3.44. The van der Waals surface area contributed by atoms with E-state index in [-0.39, 0.29) is 5.91 Å². The first-order chi connectivity index (χ1) is 7.98. The molecule has 1 N–H and O–H groups in total. The molecular weight excluding hydrogens is 238 g/mol. The number of rotatable bonds is 5. The van der Waals surface area contributed by atoms with Gasteiger partial charge < -0.3 is 10.1 Å². The van der Waals surface area contributed by atoms with Crippen molar-refractivity contribution >= 4 is 23.2 Å². The molecule has 1 heterocycles. The minimum Gasteiger partial charge on any atom is -0.468 e. The summed E-state index contributed by atoms with van der Waals surface area (Å²) < 4.78 is 4.59. The molecule has 1 aromatic rings. The van der Waals surface area contributed by atoms with Gasteiger partial charge in [0, 0.05) is 11.4 Å². The van der Waals surface area contributed by atoms with Crippen LogP contribution in [0, 0.1) is 5.41 Å². The van der Waals surface area contributed by atoms with Crippen LogP contribution in [0.25, 0.3) is 0 Å². The Morgan fingerprint density at radius 2 is 2.18 bits per heavy atom. The van der Waals surface area contributed by atoms with E-state index in [1.165, 1.54) is 12.0 Å². The number of ether oxygens (including phenoxy) is 1. The van der Waals surface area contributed by atoms with Crippen molar-refractivity contribution in [1.29, 1.82) is 0 Å². The van der Waals surface area contributed by atoms with E-state index in [0.29, 0.717) is 6.54 Å². The summed E-state index contributed by atoms with van der Waals surface area (Å²) in [7, 11) is 1.28. The Balaban J connectivity index is 2.41. The van der Waals surface area contributed by atoms with Crippen LogP contribution in [0.2, 0.25) is 0 Å². The maximum Gasteiger partial charge on any atom is 0.320 e. The fraction of sp³-hybridized carbons (Fsp3) is 0.500. The number of methoxy groups -OCH3 is 1. The minimum absolute atomic E-state index is 0.305. The van der Waals surface area contributed by atoms with E-state index in [1.54, 1.807) is 25.2 Å². The number of thiophene rings is 1. The zero-order valence-electron chi connectivity index (χ0n) is 10.3. The fourth-order valence-corrected chi connectivity index (χ4v) is 2.03. The maximum atomic E-state index is 11.8. The zero-order chi connectivity index (χ0) is 12.9. The van der Waals surface area contributed by atoms with Crippen molar-refractivity contribution in [3.8, 4) is 0 Å². The summed E-state index contributed by atoms with van der Waals surface area (Å²) in [5.41, 5.74) is -1.13. The number of carbonyl (C=O) groups excluding carboxylic acids is 2. The highest BCUT2D eigenvalue weighted by Crippen LogP contribution is 2.17. The molecule has 0 unspecified atom stereocenters. The molecular formula is C12H17NO3S. The van der Waals surface area contributed by atoms with Crippen molar-refractivity contribution in [3.63, 3.8) is 0 Å². The van der Waals surface area contributed by atoms with Crippen molar-refractivity contribution in [2.45, 2.75) is 20.3 Å². The predicted octanol–water partition coefficient (Wildman–Crippen LogP) is 1.61. The third kappa shape index (κ3) is 3.56. The van der Waals surface area contributed by atoms with Crippen molar-refractivity contribution in [1.82, 2.24) is 5.32 Å². The quantitative estimate of drug-likeness (QED) is 0.642. The lowest BCUT2D eigenvalue weighted by molar-refractivity contribution is -0.156. The van der Waals surface area contributed by atoms with Gasteiger partial charge >= 0.3 is 5.97 Å². The Bertz CT molecular complexity index is 384. The summed E-state index contributed by atoms with van der Waals surface area (Å²) in [6.07, 6.45) is 0.778. The van der Waals surface area contributed by atoms with Gasteiger partial charge in [0.1, 0.15) is 5.41 Å². The molecule has 0 aliphatic carbocycles. The van der Waals surface area contributed by atoms with Crippen LogP contribution >= 0.6 is 11.3 Å². The monoisotopic (exact) mass is 255 g/mol. The number of amides is 1. The van der Waals surface area contributed by atoms with E-state index in [4.69, 9.17) is 0 Å². The molecule has 1 amide bonds. The highest BCUT2D eigenvalue weighted by Gasteiger charge is 2.36. The second-order valence-corrected chi connectivity index (χ2v) is 5.23. The summed E-state index contributed by atoms with van der Waals surface area (Å²) in [4.78, 5) is 24.4. The molecule has 0 fully saturated rings. The molecule has 1 rings (SSSR count). The number of nitrogens with one attached hydrogen (secondary N) is 1. The normalized spacial score (nSPS) is 11.0. The Labute approximate surface area is 105 Å². The van der Waals surface area contributed by atoms with Gasteiger partial charge in [-0.05, 0) is 31.7 Å². The van der Waals surface area contributed by atoms with Crippen LogP contribution in [-0.2, 0) is 20.7 Å². The summed E-state index contributed by atoms with van der Waals surface area (Å²) in [6, 6.07) is 3.99. The second-order valence-electron chi connectivity index (χ2n) is 4.20. The molecule has 0 saturated carbocycles. The van der Waals surface area contributed by atoms with E-state index in [9.17, 15) is 9.59 Å². The summed E-state index contributed by atoms with van der Waals surface area (Å²) in [5, 5.41) is 4.74. The van der Waals surface area contributed by atoms with Crippen LogP contribution in [-0.4, -0.2) is 25.5 Å². The fourth-order valence-electron chi connectivity index (χ4n) is 1.32. The molecule has 0 saturated heterocycles. The van der Waals surface area contributed by atoms with Crippen LogP contribution in [0.5, 0.6) is 0 Å². The molecule has 0 aliphatic heterocycles. The highest BCUT2D eigenvalue weighted by molar-refractivity contribution is 7.09. The first-order valence-corrected chi connectivity index (χ1v) is 6.25. The van der Waals surface area contributed by atoms with E-state index in [2.05, 4.69) is 10.1 Å². The lowest BCUT2D eigenvalue weighted by Gasteiger charge is -2.20. The molecule has 17 heavy (non-hydrogen) atoms. The van der Waals surface area contributed by atoms with Crippen LogP contribution in [0.3, 0.4) is 0 Å². The van der Waals surface area contributed by atoms with Crippen LogP contribution < -0.4 is 5.32 Å². The average Bonchev–Trinajstić information content (AvgIpc) is 2.80. The van der Waals surface area contributed by atoms with E-state index >= 15 is 0 Å². The molecule has 0 aromatic carbocycles. The average molecular weight is 255 g/mol. The van der Waals surface area contributed by atoms with E-state index in [1.807, 2.05) is 17.5 Å². The van der Waals surface area contributed by atoms with Gasteiger partial charge in [-0.1, -0.05) is 6.07 Å². The number of hydrogen-bond donors (Lipinski definition) is 1. The summed E-state index contributed by atoms with van der Waals surface area (Å²) in [5.74, 6) is -0.827. The van der Waals surface area contributed by atoms with Crippen LogP contribution in [0.1, 0.15) is 18.7 Å². The first-order valence-electron chi connectivity index (χ1n) is 5.37. The topological polar surface area (TPSA) is 55.4 Å². The van der Waals surface area contributed by atoms with Crippen LogP contribution in [0.15, 0.2) is 17.5 Å². The highest BCUT2D eigenvalue weighted by atomic mass is 32.1. The van der Waals surface area contributed by atoms with Gasteiger partial charge in [-0.2, -0.15) is 0 Å². The Kier molecular flexibility index (Phi) is 4.69. The molecule has 0 radical (unpaired) electrons. The van der Waals surface area contributed by atoms with Gasteiger partial charge in [-0.25, -0.2) is 0 Å². The Hall–Kier alpha value is -1.36. The smallest absolute Gasteiger partial charge is 0.320 e. The molecule has 4 nitrogen and oxygen atoms in total. The van der Waals surface area contributed by atoms with Gasteiger partial charge in [0.15, 0.2) is 0 Å². The number of carbonyl (C=O) groups is 2. The molecule has 94 valence electrons. The third-order valence-electron chi connectivity index (χ3n) is 2.50. The van der Waals surface area contributed by atoms with Crippen LogP contribution in [0.4, 0.5) is 0 Å². The van der Waals surface area contributed by atoms with Crippen molar-refractivity contribution < 1.29 is 14.3 Å². The lowest BCUT2D eigenvalue weighted by atomic mass is 9.92. The Morgan fingerprint density at radius 3 is 2.71 bits per heavy atom. The van der Waals surface area contributed by atoms with Crippen molar-refractivity contribution in [3.05, 3.63) is 22.4 Å². The summed E-state index contributed by atoms with van der Waals surface area (Å²) in [6.45, 7) is 3.64. The van der Waals surface area contributed by atoms with E-state index < -0.39 is 11.4 Å². The number of hydrogen-bond acceptors (Lipinski definition) is 4. The predicted molar refractivity (Wildman–Crippen MR) is 66.8 cm³/mol.